The number of amides is 4. The highest BCUT2D eigenvalue weighted by atomic mass is 16.2. The zero-order valence-corrected chi connectivity index (χ0v) is 14.8. The normalized spacial score (nSPS) is 20.7. The van der Waals surface area contributed by atoms with Gasteiger partial charge in [-0.05, 0) is 37.8 Å². The van der Waals surface area contributed by atoms with Gasteiger partial charge in [-0.3, -0.25) is 14.5 Å². The molecular weight excluding hydrogens is 306 g/mol. The summed E-state index contributed by atoms with van der Waals surface area (Å²) in [5, 5.41) is 5.40. The predicted octanol–water partition coefficient (Wildman–Crippen LogP) is 2.10. The van der Waals surface area contributed by atoms with Crippen molar-refractivity contribution in [1.82, 2.24) is 15.5 Å². The Morgan fingerprint density at radius 2 is 1.75 bits per heavy atom. The number of imide groups is 1. The molecule has 1 fully saturated rings. The van der Waals surface area contributed by atoms with Crippen molar-refractivity contribution < 1.29 is 14.4 Å². The highest BCUT2D eigenvalue weighted by Crippen LogP contribution is 2.29. The first-order chi connectivity index (χ1) is 11.1. The molecule has 0 bridgehead atoms. The van der Waals surface area contributed by atoms with Crippen LogP contribution in [0.2, 0.25) is 0 Å². The standard InChI is InChI=1S/C18H25N3O3/c1-11(2)13-6-8-14(9-7-13)18(5)16(23)21(17(24)20-18)10-15(22)19-12(3)4/h6-9,11-12H,10H2,1-5H3,(H,19,22)(H,20,24). The molecule has 6 nitrogen and oxygen atoms in total. The molecule has 24 heavy (non-hydrogen) atoms. The van der Waals surface area contributed by atoms with Crippen molar-refractivity contribution in [2.24, 2.45) is 0 Å². The van der Waals surface area contributed by atoms with Crippen LogP contribution in [0.15, 0.2) is 24.3 Å². The molecule has 1 aliphatic heterocycles. The lowest BCUT2D eigenvalue weighted by atomic mass is 9.90. The number of nitrogens with zero attached hydrogens (tertiary/aromatic N) is 1. The Hall–Kier alpha value is -2.37. The Balaban J connectivity index is 2.21. The third-order valence-electron chi connectivity index (χ3n) is 4.18. The molecule has 1 aromatic carbocycles. The largest absolute Gasteiger partial charge is 0.352 e. The highest BCUT2D eigenvalue weighted by molar-refractivity contribution is 6.09. The third kappa shape index (κ3) is 3.42. The zero-order valence-electron chi connectivity index (χ0n) is 14.8. The van der Waals surface area contributed by atoms with Gasteiger partial charge in [0.15, 0.2) is 0 Å². The van der Waals surface area contributed by atoms with E-state index in [2.05, 4.69) is 24.5 Å². The number of nitrogens with one attached hydrogen (secondary N) is 2. The first-order valence-electron chi connectivity index (χ1n) is 8.19. The number of carbonyl (C=O) groups is 3. The van der Waals surface area contributed by atoms with Crippen LogP contribution < -0.4 is 10.6 Å². The van der Waals surface area contributed by atoms with Gasteiger partial charge in [0, 0.05) is 6.04 Å². The van der Waals surface area contributed by atoms with E-state index in [9.17, 15) is 14.4 Å². The molecule has 6 heteroatoms. The summed E-state index contributed by atoms with van der Waals surface area (Å²) in [6.45, 7) is 9.22. The van der Waals surface area contributed by atoms with Crippen LogP contribution in [-0.4, -0.2) is 35.3 Å². The molecule has 1 aliphatic rings. The van der Waals surface area contributed by atoms with Crippen LogP contribution in [-0.2, 0) is 15.1 Å². The maximum atomic E-state index is 12.7. The fourth-order valence-corrected chi connectivity index (χ4v) is 2.75. The molecule has 0 spiro atoms. The van der Waals surface area contributed by atoms with Gasteiger partial charge in [-0.2, -0.15) is 0 Å². The van der Waals surface area contributed by atoms with Crippen LogP contribution in [0.1, 0.15) is 51.7 Å². The van der Waals surface area contributed by atoms with Gasteiger partial charge in [-0.25, -0.2) is 4.79 Å². The molecule has 1 atom stereocenters. The van der Waals surface area contributed by atoms with E-state index in [4.69, 9.17) is 0 Å². The molecule has 1 unspecified atom stereocenters. The third-order valence-corrected chi connectivity index (χ3v) is 4.18. The summed E-state index contributed by atoms with van der Waals surface area (Å²) in [6.07, 6.45) is 0. The monoisotopic (exact) mass is 331 g/mol. The van der Waals surface area contributed by atoms with E-state index < -0.39 is 17.5 Å². The Labute approximate surface area is 142 Å². The Morgan fingerprint density at radius 3 is 2.25 bits per heavy atom. The van der Waals surface area contributed by atoms with E-state index in [0.717, 1.165) is 10.5 Å². The van der Waals surface area contributed by atoms with Gasteiger partial charge in [0.2, 0.25) is 5.91 Å². The topological polar surface area (TPSA) is 78.5 Å². The van der Waals surface area contributed by atoms with Gasteiger partial charge in [-0.1, -0.05) is 38.1 Å². The van der Waals surface area contributed by atoms with E-state index in [1.54, 1.807) is 6.92 Å². The van der Waals surface area contributed by atoms with Crippen LogP contribution in [0, 0.1) is 0 Å². The number of hydrogen-bond donors (Lipinski definition) is 2. The van der Waals surface area contributed by atoms with Gasteiger partial charge in [0.1, 0.15) is 12.1 Å². The van der Waals surface area contributed by atoms with Crippen molar-refractivity contribution in [3.8, 4) is 0 Å². The van der Waals surface area contributed by atoms with Gasteiger partial charge in [-0.15, -0.1) is 0 Å². The second kappa shape index (κ2) is 6.63. The zero-order chi connectivity index (χ0) is 18.1. The van der Waals surface area contributed by atoms with Crippen molar-refractivity contribution in [1.29, 1.82) is 0 Å². The van der Waals surface area contributed by atoms with Crippen LogP contribution >= 0.6 is 0 Å². The van der Waals surface area contributed by atoms with E-state index in [0.29, 0.717) is 11.5 Å². The SMILES string of the molecule is CC(C)NC(=O)CN1C(=O)NC(C)(c2ccc(C(C)C)cc2)C1=O. The maximum absolute atomic E-state index is 12.7. The second-order valence-corrected chi connectivity index (χ2v) is 6.95. The fraction of sp³-hybridized carbons (Fsp3) is 0.500. The minimum Gasteiger partial charge on any atom is -0.352 e. The highest BCUT2D eigenvalue weighted by Gasteiger charge is 2.49. The molecular formula is C18H25N3O3. The van der Waals surface area contributed by atoms with Crippen LogP contribution in [0.5, 0.6) is 0 Å². The molecule has 1 aromatic rings. The number of rotatable bonds is 5. The summed E-state index contributed by atoms with van der Waals surface area (Å²) in [5.74, 6) is -0.381. The molecule has 2 rings (SSSR count). The molecule has 1 heterocycles. The van der Waals surface area contributed by atoms with Gasteiger partial charge in [0.05, 0.1) is 0 Å². The summed E-state index contributed by atoms with van der Waals surface area (Å²) in [4.78, 5) is 37.8. The van der Waals surface area contributed by atoms with E-state index in [-0.39, 0.29) is 18.5 Å². The van der Waals surface area contributed by atoms with Crippen LogP contribution in [0.25, 0.3) is 0 Å². The van der Waals surface area contributed by atoms with Gasteiger partial charge < -0.3 is 10.6 Å². The quantitative estimate of drug-likeness (QED) is 0.811. The number of carbonyl (C=O) groups excluding carboxylic acids is 3. The summed E-state index contributed by atoms with van der Waals surface area (Å²) in [5.41, 5.74) is 0.717. The second-order valence-electron chi connectivity index (χ2n) is 6.95. The average Bonchev–Trinajstić information content (AvgIpc) is 2.71. The van der Waals surface area contributed by atoms with Gasteiger partial charge in [0.25, 0.3) is 5.91 Å². The molecule has 130 valence electrons. The van der Waals surface area contributed by atoms with Crippen molar-refractivity contribution >= 4 is 17.8 Å². The molecule has 1 saturated heterocycles. The molecule has 4 amide bonds. The lowest BCUT2D eigenvalue weighted by Crippen LogP contribution is -2.44. The summed E-state index contributed by atoms with van der Waals surface area (Å²) in [6, 6.07) is 7.02. The van der Waals surface area contributed by atoms with Gasteiger partial charge >= 0.3 is 6.03 Å². The Kier molecular flexibility index (Phi) is 4.96. The summed E-state index contributed by atoms with van der Waals surface area (Å²) in [7, 11) is 0. The first-order valence-corrected chi connectivity index (χ1v) is 8.19. The fourth-order valence-electron chi connectivity index (χ4n) is 2.75. The Morgan fingerprint density at radius 1 is 1.17 bits per heavy atom. The first kappa shape index (κ1) is 18.0. The van der Waals surface area contributed by atoms with E-state index in [1.165, 1.54) is 0 Å². The summed E-state index contributed by atoms with van der Waals surface area (Å²) < 4.78 is 0. The maximum Gasteiger partial charge on any atom is 0.325 e. The lowest BCUT2D eigenvalue weighted by Gasteiger charge is -2.23. The predicted molar refractivity (Wildman–Crippen MR) is 91.4 cm³/mol. The smallest absolute Gasteiger partial charge is 0.325 e. The number of urea groups is 1. The minimum atomic E-state index is -1.15. The van der Waals surface area contributed by atoms with E-state index in [1.807, 2.05) is 38.1 Å². The van der Waals surface area contributed by atoms with Crippen molar-refractivity contribution in [2.45, 2.75) is 52.1 Å². The molecule has 0 aromatic heterocycles. The van der Waals surface area contributed by atoms with E-state index >= 15 is 0 Å². The molecule has 2 N–H and O–H groups in total. The Bertz CT molecular complexity index is 652. The van der Waals surface area contributed by atoms with Crippen molar-refractivity contribution in [3.63, 3.8) is 0 Å². The minimum absolute atomic E-state index is 0.0479. The molecule has 0 aliphatic carbocycles. The lowest BCUT2D eigenvalue weighted by molar-refractivity contribution is -0.135. The molecule has 0 radical (unpaired) electrons. The number of benzene rings is 1. The van der Waals surface area contributed by atoms with Crippen LogP contribution in [0.3, 0.4) is 0 Å². The molecule has 0 saturated carbocycles. The van der Waals surface area contributed by atoms with Crippen LogP contribution in [0.4, 0.5) is 4.79 Å². The summed E-state index contributed by atoms with van der Waals surface area (Å²) >= 11 is 0. The number of hydrogen-bond acceptors (Lipinski definition) is 3. The van der Waals surface area contributed by atoms with Crippen molar-refractivity contribution in [3.05, 3.63) is 35.4 Å². The van der Waals surface area contributed by atoms with Crippen molar-refractivity contribution in [2.75, 3.05) is 6.54 Å². The average molecular weight is 331 g/mol.